The summed E-state index contributed by atoms with van der Waals surface area (Å²) in [7, 11) is 0. The molecular weight excluding hydrogens is 222 g/mol. The second-order valence-corrected chi connectivity index (χ2v) is 5.92. The molecule has 0 amide bonds. The topological polar surface area (TPSA) is 23.5 Å². The Bertz CT molecular complexity index is 160. The van der Waals surface area contributed by atoms with Crippen molar-refractivity contribution in [2.24, 2.45) is 11.8 Å². The van der Waals surface area contributed by atoms with Crippen molar-refractivity contribution in [3.8, 4) is 0 Å². The van der Waals surface area contributed by atoms with Crippen molar-refractivity contribution in [3.05, 3.63) is 0 Å². The molecule has 1 N–H and O–H groups in total. The van der Waals surface area contributed by atoms with Crippen molar-refractivity contribution in [2.45, 2.75) is 66.2 Å². The first kappa shape index (κ1) is 17.9. The van der Waals surface area contributed by atoms with Gasteiger partial charge in [-0.15, -0.1) is 0 Å². The van der Waals surface area contributed by atoms with Gasteiger partial charge in [-0.2, -0.15) is 0 Å². The predicted molar refractivity (Wildman–Crippen MR) is 80.9 cm³/mol. The van der Waals surface area contributed by atoms with Gasteiger partial charge in [0.15, 0.2) is 0 Å². The Balaban J connectivity index is 3.88. The molecule has 0 unspecified atom stereocenters. The molecule has 0 rings (SSSR count). The van der Waals surface area contributed by atoms with Crippen molar-refractivity contribution >= 4 is 0 Å². The van der Waals surface area contributed by atoms with E-state index in [0.29, 0.717) is 6.61 Å². The molecule has 2 heteroatoms. The highest BCUT2D eigenvalue weighted by molar-refractivity contribution is 4.65. The minimum atomic E-state index is 0.351. The summed E-state index contributed by atoms with van der Waals surface area (Å²) < 4.78 is 0. The summed E-state index contributed by atoms with van der Waals surface area (Å²) in [6.07, 6.45) is 7.25. The first-order valence-electron chi connectivity index (χ1n) is 7.97. The third-order valence-electron chi connectivity index (χ3n) is 3.92. The average molecular weight is 257 g/mol. The third-order valence-corrected chi connectivity index (χ3v) is 3.92. The lowest BCUT2D eigenvalue weighted by molar-refractivity contribution is 0.199. The number of aliphatic hydroxyl groups excluding tert-OH is 1. The van der Waals surface area contributed by atoms with E-state index in [1.807, 2.05) is 0 Å². The van der Waals surface area contributed by atoms with Crippen LogP contribution in [0.4, 0.5) is 0 Å². The zero-order chi connectivity index (χ0) is 13.8. The molecule has 0 saturated carbocycles. The van der Waals surface area contributed by atoms with Gasteiger partial charge in [0.2, 0.25) is 0 Å². The third kappa shape index (κ3) is 9.90. The van der Waals surface area contributed by atoms with Crippen LogP contribution in [-0.4, -0.2) is 36.2 Å². The van der Waals surface area contributed by atoms with Crippen LogP contribution in [-0.2, 0) is 0 Å². The molecule has 0 fully saturated rings. The van der Waals surface area contributed by atoms with Crippen molar-refractivity contribution in [1.29, 1.82) is 0 Å². The molecule has 0 spiro atoms. The molecule has 0 aliphatic carbocycles. The normalized spacial score (nSPS) is 15.0. The van der Waals surface area contributed by atoms with Crippen LogP contribution in [0.15, 0.2) is 0 Å². The van der Waals surface area contributed by atoms with Crippen LogP contribution in [0.5, 0.6) is 0 Å². The van der Waals surface area contributed by atoms with Crippen LogP contribution in [0.2, 0.25) is 0 Å². The Morgan fingerprint density at radius 1 is 0.833 bits per heavy atom. The van der Waals surface area contributed by atoms with Gasteiger partial charge in [0.1, 0.15) is 0 Å². The lowest BCUT2D eigenvalue weighted by Gasteiger charge is -2.27. The lowest BCUT2D eigenvalue weighted by atomic mass is 10.0. The van der Waals surface area contributed by atoms with Crippen LogP contribution < -0.4 is 0 Å². The van der Waals surface area contributed by atoms with Gasteiger partial charge in [0.05, 0.1) is 0 Å². The molecule has 0 aromatic carbocycles. The number of rotatable bonds is 12. The van der Waals surface area contributed by atoms with Gasteiger partial charge in [0.25, 0.3) is 0 Å². The maximum Gasteiger partial charge on any atom is 0.0431 e. The van der Waals surface area contributed by atoms with E-state index in [-0.39, 0.29) is 0 Å². The van der Waals surface area contributed by atoms with E-state index in [0.717, 1.165) is 18.3 Å². The molecule has 18 heavy (non-hydrogen) atoms. The first-order valence-corrected chi connectivity index (χ1v) is 7.97. The monoisotopic (exact) mass is 257 g/mol. The minimum absolute atomic E-state index is 0.351. The van der Waals surface area contributed by atoms with Crippen molar-refractivity contribution < 1.29 is 5.11 Å². The highest BCUT2D eigenvalue weighted by Gasteiger charge is 2.11. The van der Waals surface area contributed by atoms with Gasteiger partial charge in [-0.05, 0) is 31.2 Å². The maximum absolute atomic E-state index is 8.77. The molecule has 2 nitrogen and oxygen atoms in total. The lowest BCUT2D eigenvalue weighted by Crippen LogP contribution is -2.33. The summed E-state index contributed by atoms with van der Waals surface area (Å²) in [6, 6.07) is 0. The summed E-state index contributed by atoms with van der Waals surface area (Å²) in [6.45, 7) is 13.4. The van der Waals surface area contributed by atoms with E-state index in [1.54, 1.807) is 0 Å². The van der Waals surface area contributed by atoms with E-state index in [2.05, 4.69) is 32.6 Å². The van der Waals surface area contributed by atoms with Crippen LogP contribution in [0.1, 0.15) is 66.2 Å². The molecule has 0 bridgehead atoms. The predicted octanol–water partition coefficient (Wildman–Crippen LogP) is 3.93. The highest BCUT2D eigenvalue weighted by atomic mass is 16.2. The van der Waals surface area contributed by atoms with Crippen molar-refractivity contribution in [1.82, 2.24) is 4.90 Å². The van der Waals surface area contributed by atoms with E-state index >= 15 is 0 Å². The fourth-order valence-corrected chi connectivity index (χ4v) is 2.20. The van der Waals surface area contributed by atoms with E-state index in [9.17, 15) is 0 Å². The number of aliphatic hydroxyl groups is 1. The van der Waals surface area contributed by atoms with Crippen LogP contribution in [0, 0.1) is 11.8 Å². The molecule has 0 aliphatic rings. The standard InChI is InChI=1S/C16H35NO/c1-5-15(3)13-17(14-16(4)6-2)11-9-7-8-10-12-18/h15-16,18H,5-14H2,1-4H3/t15-,16+. The van der Waals surface area contributed by atoms with Gasteiger partial charge in [-0.1, -0.05) is 53.4 Å². The van der Waals surface area contributed by atoms with Crippen LogP contribution >= 0.6 is 0 Å². The van der Waals surface area contributed by atoms with Gasteiger partial charge < -0.3 is 10.0 Å². The second kappa shape index (κ2) is 12.0. The second-order valence-electron chi connectivity index (χ2n) is 5.92. The first-order chi connectivity index (χ1) is 8.63. The molecule has 0 aliphatic heterocycles. The molecule has 0 radical (unpaired) electrons. The highest BCUT2D eigenvalue weighted by Crippen LogP contribution is 2.11. The Morgan fingerprint density at radius 3 is 1.78 bits per heavy atom. The Morgan fingerprint density at radius 2 is 1.33 bits per heavy atom. The number of nitrogens with zero attached hydrogens (tertiary/aromatic N) is 1. The van der Waals surface area contributed by atoms with Gasteiger partial charge >= 0.3 is 0 Å². The fraction of sp³-hybridized carbons (Fsp3) is 1.00. The van der Waals surface area contributed by atoms with Crippen LogP contribution in [0.3, 0.4) is 0 Å². The molecule has 2 atom stereocenters. The smallest absolute Gasteiger partial charge is 0.0431 e. The number of hydrogen-bond donors (Lipinski definition) is 1. The number of hydrogen-bond acceptors (Lipinski definition) is 2. The molecular formula is C16H35NO. The van der Waals surface area contributed by atoms with E-state index < -0.39 is 0 Å². The summed E-state index contributed by atoms with van der Waals surface area (Å²) in [5.41, 5.74) is 0. The van der Waals surface area contributed by atoms with Gasteiger partial charge in [-0.3, -0.25) is 0 Å². The van der Waals surface area contributed by atoms with E-state index in [1.165, 1.54) is 51.7 Å². The Kier molecular flexibility index (Phi) is 11.9. The fourth-order valence-electron chi connectivity index (χ4n) is 2.20. The molecule has 0 saturated heterocycles. The van der Waals surface area contributed by atoms with Crippen molar-refractivity contribution in [2.75, 3.05) is 26.2 Å². The van der Waals surface area contributed by atoms with Gasteiger partial charge in [-0.25, -0.2) is 0 Å². The van der Waals surface area contributed by atoms with Crippen molar-refractivity contribution in [3.63, 3.8) is 0 Å². The quantitative estimate of drug-likeness (QED) is 0.535. The summed E-state index contributed by atoms with van der Waals surface area (Å²) in [5.74, 6) is 1.62. The molecule has 0 aromatic rings. The molecule has 0 heterocycles. The zero-order valence-electron chi connectivity index (χ0n) is 13.1. The van der Waals surface area contributed by atoms with Crippen LogP contribution in [0.25, 0.3) is 0 Å². The summed E-state index contributed by atoms with van der Waals surface area (Å²) in [5, 5.41) is 8.77. The molecule has 0 aromatic heterocycles. The Labute approximate surface area is 115 Å². The largest absolute Gasteiger partial charge is 0.396 e. The SMILES string of the molecule is CC[C@@H](C)CN(CCCCCCO)C[C@@H](C)CC. The minimum Gasteiger partial charge on any atom is -0.396 e. The molecule has 110 valence electrons. The zero-order valence-corrected chi connectivity index (χ0v) is 13.1. The number of unbranched alkanes of at least 4 members (excludes halogenated alkanes) is 3. The average Bonchev–Trinajstić information content (AvgIpc) is 2.37. The maximum atomic E-state index is 8.77. The Hall–Kier alpha value is -0.0800. The van der Waals surface area contributed by atoms with E-state index in [4.69, 9.17) is 5.11 Å². The summed E-state index contributed by atoms with van der Waals surface area (Å²) in [4.78, 5) is 2.65. The van der Waals surface area contributed by atoms with Gasteiger partial charge in [0, 0.05) is 19.7 Å². The summed E-state index contributed by atoms with van der Waals surface area (Å²) >= 11 is 0.